The molecule has 0 fully saturated rings. The highest BCUT2D eigenvalue weighted by Crippen LogP contribution is 2.30. The van der Waals surface area contributed by atoms with Crippen molar-refractivity contribution in [3.8, 4) is 0 Å². The van der Waals surface area contributed by atoms with Crippen LogP contribution in [0.1, 0.15) is 16.2 Å². The van der Waals surface area contributed by atoms with Gasteiger partial charge in [-0.15, -0.1) is 11.3 Å². The molecule has 0 radical (unpaired) electrons. The second-order valence-corrected chi connectivity index (χ2v) is 11.5. The molecule has 39 heavy (non-hydrogen) atoms. The molecular weight excluding hydrogens is 538 g/mol. The molecular formula is C28H25N3O6S2. The van der Waals surface area contributed by atoms with Gasteiger partial charge in [-0.3, -0.25) is 9.59 Å². The minimum atomic E-state index is -4.32. The molecule has 200 valence electrons. The number of rotatable bonds is 10. The van der Waals surface area contributed by atoms with E-state index in [-0.39, 0.29) is 23.5 Å². The number of sulfonamides is 1. The summed E-state index contributed by atoms with van der Waals surface area (Å²) in [5, 5.41) is 2.42. The number of carbonyl (C=O) groups excluding carboxylic acids is 1. The number of methoxy groups -OCH3 is 1. The number of amides is 1. The first kappa shape index (κ1) is 26.6. The van der Waals surface area contributed by atoms with Gasteiger partial charge in [0, 0.05) is 29.1 Å². The van der Waals surface area contributed by atoms with Gasteiger partial charge < -0.3 is 19.0 Å². The van der Waals surface area contributed by atoms with Gasteiger partial charge in [0.2, 0.25) is 21.3 Å². The summed E-state index contributed by atoms with van der Waals surface area (Å²) in [5.41, 5.74) is -1.60. The number of benzene rings is 2. The molecule has 5 rings (SSSR count). The number of nitrogens with zero attached hydrogens (tertiary/aromatic N) is 1. The number of ether oxygens (including phenoxy) is 1. The average Bonchev–Trinajstić information content (AvgIpc) is 3.66. The summed E-state index contributed by atoms with van der Waals surface area (Å²) in [6, 6.07) is 22.8. The number of hydrogen-bond acceptors (Lipinski definition) is 7. The summed E-state index contributed by atoms with van der Waals surface area (Å²) >= 11 is 1.48. The van der Waals surface area contributed by atoms with E-state index in [1.54, 1.807) is 42.5 Å². The Morgan fingerprint density at radius 1 is 1.03 bits per heavy atom. The van der Waals surface area contributed by atoms with Crippen LogP contribution in [0.25, 0.3) is 10.9 Å². The van der Waals surface area contributed by atoms with Gasteiger partial charge in [0.25, 0.3) is 5.91 Å². The van der Waals surface area contributed by atoms with Crippen molar-refractivity contribution in [2.24, 2.45) is 0 Å². The van der Waals surface area contributed by atoms with Crippen LogP contribution in [0.15, 0.2) is 111 Å². The normalized spacial score (nSPS) is 13.3. The topological polar surface area (TPSA) is 122 Å². The van der Waals surface area contributed by atoms with Crippen molar-refractivity contribution in [1.29, 1.82) is 0 Å². The zero-order valence-corrected chi connectivity index (χ0v) is 22.5. The monoisotopic (exact) mass is 563 g/mol. The first-order valence-electron chi connectivity index (χ1n) is 11.9. The van der Waals surface area contributed by atoms with Crippen molar-refractivity contribution in [3.05, 3.63) is 123 Å². The number of fused-ring (bicyclic) bond motifs is 1. The van der Waals surface area contributed by atoms with E-state index in [2.05, 4.69) is 9.71 Å². The van der Waals surface area contributed by atoms with E-state index < -0.39 is 21.7 Å². The smallest absolute Gasteiger partial charge is 0.276 e. The van der Waals surface area contributed by atoms with Crippen LogP contribution in [-0.2, 0) is 38.4 Å². The van der Waals surface area contributed by atoms with Crippen LogP contribution in [0.2, 0.25) is 0 Å². The summed E-state index contributed by atoms with van der Waals surface area (Å²) in [6.45, 7) is 0.299. The molecule has 2 aromatic carbocycles. The fourth-order valence-corrected chi connectivity index (χ4v) is 6.33. The van der Waals surface area contributed by atoms with Crippen LogP contribution in [0.4, 0.5) is 0 Å². The van der Waals surface area contributed by atoms with E-state index in [0.29, 0.717) is 22.2 Å². The van der Waals surface area contributed by atoms with Crippen LogP contribution in [0.5, 0.6) is 0 Å². The first-order valence-corrected chi connectivity index (χ1v) is 14.3. The van der Waals surface area contributed by atoms with E-state index in [0.717, 1.165) is 4.88 Å². The molecule has 3 heterocycles. The largest absolute Gasteiger partial charge is 0.467 e. The summed E-state index contributed by atoms with van der Waals surface area (Å²) in [4.78, 5) is 31.0. The van der Waals surface area contributed by atoms with Crippen LogP contribution in [-0.4, -0.2) is 31.3 Å². The molecule has 5 aromatic rings. The molecule has 1 unspecified atom stereocenters. The summed E-state index contributed by atoms with van der Waals surface area (Å²) in [7, 11) is -3.03. The highest BCUT2D eigenvalue weighted by molar-refractivity contribution is 7.89. The summed E-state index contributed by atoms with van der Waals surface area (Å²) in [5.74, 6) is -0.0842. The van der Waals surface area contributed by atoms with E-state index in [1.807, 2.05) is 17.5 Å². The molecule has 9 nitrogen and oxygen atoms in total. The lowest BCUT2D eigenvalue weighted by atomic mass is 10.0. The van der Waals surface area contributed by atoms with Crippen molar-refractivity contribution in [1.82, 2.24) is 14.6 Å². The number of hydrogen-bond donors (Lipinski definition) is 2. The van der Waals surface area contributed by atoms with E-state index >= 15 is 0 Å². The standard InChI is InChI=1S/C28H25N3O6S2/c1-36-28(21-7-3-2-4-8-21,27(33)31(18-22-9-5-15-37-22)19-23-10-6-16-38-23)30-39(34,35)24-12-13-25-20(17-24)11-14-26(32)29-25/h2-17,30H,18-19H2,1H3,(H,29,32). The average molecular weight is 564 g/mol. The van der Waals surface area contributed by atoms with Gasteiger partial charge in [-0.25, -0.2) is 8.42 Å². The summed E-state index contributed by atoms with van der Waals surface area (Å²) in [6.07, 6.45) is 1.51. The van der Waals surface area contributed by atoms with Crippen LogP contribution < -0.4 is 10.3 Å². The molecule has 0 aliphatic carbocycles. The van der Waals surface area contributed by atoms with Gasteiger partial charge >= 0.3 is 0 Å². The number of thiophene rings is 1. The van der Waals surface area contributed by atoms with Crippen molar-refractivity contribution in [2.45, 2.75) is 23.7 Å². The van der Waals surface area contributed by atoms with Gasteiger partial charge in [0.1, 0.15) is 5.76 Å². The molecule has 0 aliphatic heterocycles. The number of aromatic nitrogens is 1. The molecule has 0 saturated carbocycles. The second-order valence-electron chi connectivity index (χ2n) is 8.75. The number of furan rings is 1. The van der Waals surface area contributed by atoms with Gasteiger partial charge in [-0.2, -0.15) is 4.72 Å². The zero-order chi connectivity index (χ0) is 27.5. The lowest BCUT2D eigenvalue weighted by Crippen LogP contribution is -2.58. The van der Waals surface area contributed by atoms with Crippen molar-refractivity contribution in [2.75, 3.05) is 7.11 Å². The van der Waals surface area contributed by atoms with Crippen molar-refractivity contribution < 1.29 is 22.4 Å². The van der Waals surface area contributed by atoms with Gasteiger partial charge in [0.15, 0.2) is 0 Å². The van der Waals surface area contributed by atoms with Crippen LogP contribution >= 0.6 is 11.3 Å². The fraction of sp³-hybridized carbons (Fsp3) is 0.143. The molecule has 0 saturated heterocycles. The number of nitrogens with one attached hydrogen (secondary N) is 2. The fourth-order valence-electron chi connectivity index (χ4n) is 4.30. The number of carbonyl (C=O) groups is 1. The minimum Gasteiger partial charge on any atom is -0.467 e. The predicted octanol–water partition coefficient (Wildman–Crippen LogP) is 4.19. The van der Waals surface area contributed by atoms with E-state index in [9.17, 15) is 18.0 Å². The van der Waals surface area contributed by atoms with E-state index in [1.165, 1.54) is 59.9 Å². The first-order chi connectivity index (χ1) is 18.8. The Hall–Kier alpha value is -4.03. The molecule has 0 spiro atoms. The predicted molar refractivity (Wildman–Crippen MR) is 147 cm³/mol. The summed E-state index contributed by atoms with van der Waals surface area (Å²) < 4.78 is 41.5. The Morgan fingerprint density at radius 2 is 1.85 bits per heavy atom. The number of H-pyrrole nitrogens is 1. The van der Waals surface area contributed by atoms with Crippen molar-refractivity contribution >= 4 is 38.2 Å². The maximum Gasteiger partial charge on any atom is 0.276 e. The molecule has 1 amide bonds. The molecule has 11 heteroatoms. The quantitative estimate of drug-likeness (QED) is 0.246. The lowest BCUT2D eigenvalue weighted by molar-refractivity contribution is -0.160. The highest BCUT2D eigenvalue weighted by Gasteiger charge is 2.47. The Bertz CT molecular complexity index is 1700. The van der Waals surface area contributed by atoms with Gasteiger partial charge in [-0.05, 0) is 53.2 Å². The Morgan fingerprint density at radius 3 is 2.54 bits per heavy atom. The van der Waals surface area contributed by atoms with Crippen LogP contribution in [0, 0.1) is 0 Å². The second kappa shape index (κ2) is 11.0. The SMILES string of the molecule is COC(NS(=O)(=O)c1ccc2[nH]c(=O)ccc2c1)(C(=O)N(Cc1ccco1)Cc1cccs1)c1ccccc1. The van der Waals surface area contributed by atoms with Gasteiger partial charge in [-0.1, -0.05) is 36.4 Å². The Balaban J connectivity index is 1.59. The molecule has 2 N–H and O–H groups in total. The lowest BCUT2D eigenvalue weighted by Gasteiger charge is -2.36. The number of pyridine rings is 1. The van der Waals surface area contributed by atoms with Crippen LogP contribution in [0.3, 0.4) is 0 Å². The van der Waals surface area contributed by atoms with E-state index in [4.69, 9.17) is 9.15 Å². The molecule has 3 aromatic heterocycles. The third-order valence-corrected chi connectivity index (χ3v) is 8.50. The van der Waals surface area contributed by atoms with Gasteiger partial charge in [0.05, 0.1) is 24.2 Å². The zero-order valence-electron chi connectivity index (χ0n) is 20.9. The molecule has 1 atom stereocenters. The Kier molecular flexibility index (Phi) is 7.49. The Labute approximate surface area is 228 Å². The number of aromatic amines is 1. The third-order valence-electron chi connectivity index (χ3n) is 6.21. The molecule has 0 aliphatic rings. The third kappa shape index (κ3) is 5.57. The molecule has 0 bridgehead atoms. The maximum atomic E-state index is 14.4. The minimum absolute atomic E-state index is 0.0900. The maximum absolute atomic E-state index is 14.4. The van der Waals surface area contributed by atoms with Crippen molar-refractivity contribution in [3.63, 3.8) is 0 Å². The highest BCUT2D eigenvalue weighted by atomic mass is 32.2.